The molecule has 1 aliphatic rings. The minimum Gasteiger partial charge on any atom is -0.310 e. The van der Waals surface area contributed by atoms with Gasteiger partial charge in [0.15, 0.2) is 0 Å². The van der Waals surface area contributed by atoms with Crippen molar-refractivity contribution in [3.8, 4) is 33.4 Å². The van der Waals surface area contributed by atoms with Crippen LogP contribution in [-0.2, 0) is 6.42 Å². The van der Waals surface area contributed by atoms with E-state index in [1.807, 2.05) is 11.3 Å². The van der Waals surface area contributed by atoms with Gasteiger partial charge in [0, 0.05) is 42.5 Å². The molecular formula is C47H31NS. The van der Waals surface area contributed by atoms with Gasteiger partial charge in [-0.3, -0.25) is 0 Å². The Labute approximate surface area is 290 Å². The highest BCUT2D eigenvalue weighted by Gasteiger charge is 2.22. The fraction of sp³-hybridized carbons (Fsp3) is 0.0213. The number of anilines is 3. The quantitative estimate of drug-likeness (QED) is 0.181. The van der Waals surface area contributed by atoms with Gasteiger partial charge in [0.25, 0.3) is 0 Å². The van der Waals surface area contributed by atoms with Crippen molar-refractivity contribution in [2.24, 2.45) is 0 Å². The summed E-state index contributed by atoms with van der Waals surface area (Å²) in [5, 5.41) is 5.29. The summed E-state index contributed by atoms with van der Waals surface area (Å²) >= 11 is 1.89. The van der Waals surface area contributed by atoms with Crippen LogP contribution in [0, 0.1) is 0 Å². The van der Waals surface area contributed by atoms with Gasteiger partial charge in [0.05, 0.1) is 5.69 Å². The van der Waals surface area contributed by atoms with Gasteiger partial charge >= 0.3 is 0 Å². The van der Waals surface area contributed by atoms with Crippen molar-refractivity contribution in [3.63, 3.8) is 0 Å². The molecule has 1 aromatic heterocycles. The molecule has 1 heterocycles. The molecule has 0 fully saturated rings. The lowest BCUT2D eigenvalue weighted by atomic mass is 9.96. The molecule has 9 aromatic rings. The molecule has 2 heteroatoms. The van der Waals surface area contributed by atoms with Gasteiger partial charge in [-0.15, -0.1) is 11.3 Å². The molecule has 0 aliphatic heterocycles. The molecular weight excluding hydrogens is 611 g/mol. The number of fused-ring (bicyclic) bond motifs is 8. The Bertz CT molecular complexity index is 2680. The molecule has 0 unspecified atom stereocenters. The fourth-order valence-electron chi connectivity index (χ4n) is 7.81. The zero-order chi connectivity index (χ0) is 32.3. The number of para-hydroxylation sites is 1. The van der Waals surface area contributed by atoms with Crippen LogP contribution in [0.2, 0.25) is 0 Å². The second kappa shape index (κ2) is 11.3. The molecule has 8 aromatic carbocycles. The predicted octanol–water partition coefficient (Wildman–Crippen LogP) is 13.6. The Hall–Kier alpha value is -5.96. The molecule has 0 radical (unpaired) electrons. The van der Waals surface area contributed by atoms with Crippen LogP contribution in [0.5, 0.6) is 0 Å². The zero-order valence-corrected chi connectivity index (χ0v) is 27.6. The summed E-state index contributed by atoms with van der Waals surface area (Å²) in [5.74, 6) is 0. The van der Waals surface area contributed by atoms with E-state index in [1.54, 1.807) is 0 Å². The summed E-state index contributed by atoms with van der Waals surface area (Å²) in [4.78, 5) is 2.43. The molecule has 0 saturated carbocycles. The Balaban J connectivity index is 1.11. The van der Waals surface area contributed by atoms with Gasteiger partial charge in [0.1, 0.15) is 0 Å². The highest BCUT2D eigenvalue weighted by Crippen LogP contribution is 2.45. The summed E-state index contributed by atoms with van der Waals surface area (Å²) in [6.45, 7) is 0. The lowest BCUT2D eigenvalue weighted by Crippen LogP contribution is -2.11. The van der Waals surface area contributed by atoms with Gasteiger partial charge in [0.2, 0.25) is 0 Å². The van der Waals surface area contributed by atoms with Crippen LogP contribution in [0.4, 0.5) is 17.1 Å². The Morgan fingerprint density at radius 3 is 1.92 bits per heavy atom. The van der Waals surface area contributed by atoms with Gasteiger partial charge in [-0.1, -0.05) is 140 Å². The molecule has 0 bridgehead atoms. The lowest BCUT2D eigenvalue weighted by molar-refractivity contribution is 1.23. The number of rotatable bonds is 5. The van der Waals surface area contributed by atoms with E-state index in [-0.39, 0.29) is 0 Å². The van der Waals surface area contributed by atoms with E-state index in [1.165, 1.54) is 81.1 Å². The molecule has 10 rings (SSSR count). The van der Waals surface area contributed by atoms with Crippen LogP contribution in [-0.4, -0.2) is 0 Å². The smallest absolute Gasteiger partial charge is 0.0540 e. The van der Waals surface area contributed by atoms with Crippen LogP contribution in [0.25, 0.3) is 64.3 Å². The van der Waals surface area contributed by atoms with Crippen LogP contribution in [0.1, 0.15) is 11.1 Å². The van der Waals surface area contributed by atoms with Crippen molar-refractivity contribution in [1.29, 1.82) is 0 Å². The Kier molecular flexibility index (Phi) is 6.50. The summed E-state index contributed by atoms with van der Waals surface area (Å²) < 4.78 is 2.70. The van der Waals surface area contributed by atoms with Crippen molar-refractivity contribution >= 4 is 59.3 Å². The third-order valence-corrected chi connectivity index (χ3v) is 11.3. The highest BCUT2D eigenvalue weighted by atomic mass is 32.1. The van der Waals surface area contributed by atoms with Gasteiger partial charge in [-0.05, 0) is 87.1 Å². The van der Waals surface area contributed by atoms with Crippen LogP contribution in [0.3, 0.4) is 0 Å². The molecule has 0 N–H and O–H groups in total. The summed E-state index contributed by atoms with van der Waals surface area (Å²) in [5.41, 5.74) is 13.8. The van der Waals surface area contributed by atoms with E-state index in [2.05, 4.69) is 181 Å². The molecule has 230 valence electrons. The molecule has 0 atom stereocenters. The van der Waals surface area contributed by atoms with E-state index >= 15 is 0 Å². The minimum absolute atomic E-state index is 0.959. The van der Waals surface area contributed by atoms with Gasteiger partial charge in [-0.25, -0.2) is 0 Å². The molecule has 0 saturated heterocycles. The SMILES string of the molecule is c1ccc(-c2ccccc2N(c2ccc(-c3cccc4c3ccc3c5ccccc5sc43)cc2)c2ccc3c(c2)Cc2ccccc2-3)cc1. The van der Waals surface area contributed by atoms with E-state index in [0.717, 1.165) is 17.8 Å². The standard InChI is InChI=1S/C47H31NS/c1-2-11-31(12-3-1)40-15-6-8-19-45(40)48(36-25-26-39-34(30-36)29-33-13-4-5-14-38(33)39)35-23-21-32(22-24-35)37-17-10-18-43-41(37)27-28-44-42-16-7-9-20-46(42)49-47(43)44/h1-28,30H,29H2. The van der Waals surface area contributed by atoms with Crippen molar-refractivity contribution in [2.45, 2.75) is 6.42 Å². The first-order valence-corrected chi connectivity index (χ1v) is 17.7. The molecule has 1 nitrogen and oxygen atoms in total. The monoisotopic (exact) mass is 641 g/mol. The first-order valence-electron chi connectivity index (χ1n) is 16.9. The van der Waals surface area contributed by atoms with Gasteiger partial charge in [-0.2, -0.15) is 0 Å². The maximum absolute atomic E-state index is 2.43. The third-order valence-electron chi connectivity index (χ3n) is 10.1. The second-order valence-electron chi connectivity index (χ2n) is 12.9. The van der Waals surface area contributed by atoms with E-state index in [9.17, 15) is 0 Å². The van der Waals surface area contributed by atoms with Crippen LogP contribution >= 0.6 is 11.3 Å². The number of thiophene rings is 1. The summed E-state index contributed by atoms with van der Waals surface area (Å²) in [6.07, 6.45) is 0.959. The van der Waals surface area contributed by atoms with Crippen LogP contribution < -0.4 is 4.90 Å². The number of hydrogen-bond donors (Lipinski definition) is 0. The van der Waals surface area contributed by atoms with Crippen molar-refractivity contribution in [1.82, 2.24) is 0 Å². The average molecular weight is 642 g/mol. The lowest BCUT2D eigenvalue weighted by Gasteiger charge is -2.28. The van der Waals surface area contributed by atoms with Crippen molar-refractivity contribution < 1.29 is 0 Å². The molecule has 0 spiro atoms. The maximum Gasteiger partial charge on any atom is 0.0540 e. The van der Waals surface area contributed by atoms with Crippen molar-refractivity contribution in [3.05, 3.63) is 187 Å². The first kappa shape index (κ1) is 28.1. The summed E-state index contributed by atoms with van der Waals surface area (Å²) in [7, 11) is 0. The van der Waals surface area contributed by atoms with Crippen LogP contribution in [0.15, 0.2) is 176 Å². The number of nitrogens with zero attached hydrogens (tertiary/aromatic N) is 1. The van der Waals surface area contributed by atoms with E-state index < -0.39 is 0 Å². The van der Waals surface area contributed by atoms with Crippen molar-refractivity contribution in [2.75, 3.05) is 4.90 Å². The number of benzene rings is 8. The maximum atomic E-state index is 2.43. The largest absolute Gasteiger partial charge is 0.310 e. The normalized spacial score (nSPS) is 12.0. The molecule has 49 heavy (non-hydrogen) atoms. The van der Waals surface area contributed by atoms with Gasteiger partial charge < -0.3 is 4.90 Å². The zero-order valence-electron chi connectivity index (χ0n) is 26.8. The average Bonchev–Trinajstić information content (AvgIpc) is 3.74. The molecule has 0 amide bonds. The summed E-state index contributed by atoms with van der Waals surface area (Å²) in [6, 6.07) is 64.6. The topological polar surface area (TPSA) is 3.24 Å². The number of hydrogen-bond acceptors (Lipinski definition) is 2. The Morgan fingerprint density at radius 2 is 1.02 bits per heavy atom. The Morgan fingerprint density at radius 1 is 0.388 bits per heavy atom. The van der Waals surface area contributed by atoms with E-state index in [4.69, 9.17) is 0 Å². The second-order valence-corrected chi connectivity index (χ2v) is 13.9. The van der Waals surface area contributed by atoms with E-state index in [0.29, 0.717) is 0 Å². The minimum atomic E-state index is 0.959. The predicted molar refractivity (Wildman–Crippen MR) is 211 cm³/mol. The third kappa shape index (κ3) is 4.60. The molecule has 1 aliphatic carbocycles. The fourth-order valence-corrected chi connectivity index (χ4v) is 9.04. The highest BCUT2D eigenvalue weighted by molar-refractivity contribution is 7.26. The first-order chi connectivity index (χ1) is 24.3.